The number of hydrogen-bond donors (Lipinski definition) is 1. The van der Waals surface area contributed by atoms with Gasteiger partial charge in [-0.3, -0.25) is 13.9 Å². The molecule has 0 saturated heterocycles. The summed E-state index contributed by atoms with van der Waals surface area (Å²) >= 11 is 0. The van der Waals surface area contributed by atoms with Crippen molar-refractivity contribution in [3.8, 4) is 0 Å². The summed E-state index contributed by atoms with van der Waals surface area (Å²) in [6.45, 7) is 8.18. The summed E-state index contributed by atoms with van der Waals surface area (Å²) in [7, 11) is -4.49. The number of alkyl halides is 3. The Bertz CT molecular complexity index is 1490. The average Bonchev–Trinajstić information content (AvgIpc) is 2.91. The van der Waals surface area contributed by atoms with Crippen LogP contribution in [0.4, 0.5) is 18.9 Å². The van der Waals surface area contributed by atoms with Gasteiger partial charge in [-0.25, -0.2) is 8.42 Å². The van der Waals surface area contributed by atoms with Crippen LogP contribution < -0.4 is 9.62 Å². The van der Waals surface area contributed by atoms with Crippen LogP contribution in [0, 0.1) is 6.92 Å². The highest BCUT2D eigenvalue weighted by Crippen LogP contribution is 2.33. The highest BCUT2D eigenvalue weighted by atomic mass is 32.2. The summed E-state index contributed by atoms with van der Waals surface area (Å²) in [4.78, 5) is 28.5. The molecule has 42 heavy (non-hydrogen) atoms. The molecule has 1 atom stereocenters. The number of carbonyl (C=O) groups excluding carboxylic acids is 2. The molecular weight excluding hydrogens is 567 g/mol. The number of sulfonamides is 1. The lowest BCUT2D eigenvalue weighted by atomic mass is 10.1. The van der Waals surface area contributed by atoms with E-state index in [1.54, 1.807) is 45.9 Å². The number of benzene rings is 3. The van der Waals surface area contributed by atoms with Gasteiger partial charge in [-0.2, -0.15) is 13.2 Å². The standard InChI is InChI=1S/C31H36F3N3O4S/c1-6-27(29(39)35-30(3,4)5)36(20-23-17-15-22(2)16-18-23)28(38)21-37(42(40,41)26-13-8-7-9-14-26)25-12-10-11-24(19-25)31(32,33)34/h7-19,27H,6,20-21H2,1-5H3,(H,35,39)/t27-/m1/s1. The van der Waals surface area contributed by atoms with Gasteiger partial charge in [-0.05, 0) is 70.0 Å². The Balaban J connectivity index is 2.11. The van der Waals surface area contributed by atoms with E-state index in [9.17, 15) is 31.2 Å². The zero-order valence-corrected chi connectivity index (χ0v) is 25.1. The van der Waals surface area contributed by atoms with Crippen LogP contribution in [0.3, 0.4) is 0 Å². The molecule has 0 heterocycles. The fourth-order valence-electron chi connectivity index (χ4n) is 4.35. The molecule has 0 unspecified atom stereocenters. The van der Waals surface area contributed by atoms with Gasteiger partial charge in [0.25, 0.3) is 10.0 Å². The largest absolute Gasteiger partial charge is 0.416 e. The van der Waals surface area contributed by atoms with Crippen LogP contribution in [0.25, 0.3) is 0 Å². The van der Waals surface area contributed by atoms with E-state index >= 15 is 0 Å². The molecule has 0 saturated carbocycles. The van der Waals surface area contributed by atoms with Gasteiger partial charge in [-0.1, -0.05) is 61.0 Å². The lowest BCUT2D eigenvalue weighted by Gasteiger charge is -2.35. The number of rotatable bonds is 10. The minimum atomic E-state index is -4.74. The molecule has 7 nitrogen and oxygen atoms in total. The summed E-state index contributed by atoms with van der Waals surface area (Å²) < 4.78 is 69.1. The van der Waals surface area contributed by atoms with Crippen LogP contribution in [0.2, 0.25) is 0 Å². The highest BCUT2D eigenvalue weighted by molar-refractivity contribution is 7.92. The van der Waals surface area contributed by atoms with Crippen molar-refractivity contribution >= 4 is 27.5 Å². The van der Waals surface area contributed by atoms with Crippen molar-refractivity contribution in [2.45, 2.75) is 70.2 Å². The molecule has 0 aliphatic heterocycles. The maximum Gasteiger partial charge on any atom is 0.416 e. The lowest BCUT2D eigenvalue weighted by molar-refractivity contribution is -0.141. The van der Waals surface area contributed by atoms with Gasteiger partial charge in [-0.15, -0.1) is 0 Å². The van der Waals surface area contributed by atoms with Crippen molar-refractivity contribution in [3.63, 3.8) is 0 Å². The van der Waals surface area contributed by atoms with Crippen LogP contribution in [0.15, 0.2) is 83.8 Å². The summed E-state index contributed by atoms with van der Waals surface area (Å²) in [6, 6.07) is 17.3. The smallest absolute Gasteiger partial charge is 0.350 e. The van der Waals surface area contributed by atoms with Crippen molar-refractivity contribution in [2.24, 2.45) is 0 Å². The second-order valence-corrected chi connectivity index (χ2v) is 12.9. The number of halogens is 3. The number of anilines is 1. The number of aryl methyl sites for hydroxylation is 1. The molecular formula is C31H36F3N3O4S. The van der Waals surface area contributed by atoms with Gasteiger partial charge >= 0.3 is 6.18 Å². The minimum Gasteiger partial charge on any atom is -0.350 e. The maximum atomic E-state index is 14.0. The monoisotopic (exact) mass is 603 g/mol. The van der Waals surface area contributed by atoms with Crippen molar-refractivity contribution in [3.05, 3.63) is 95.6 Å². The van der Waals surface area contributed by atoms with Crippen molar-refractivity contribution < 1.29 is 31.2 Å². The molecule has 0 spiro atoms. The quantitative estimate of drug-likeness (QED) is 0.311. The molecule has 0 fully saturated rings. The van der Waals surface area contributed by atoms with E-state index < -0.39 is 51.7 Å². The predicted molar refractivity (Wildman–Crippen MR) is 156 cm³/mol. The third-order valence-corrected chi connectivity index (χ3v) is 8.22. The van der Waals surface area contributed by atoms with Crippen LogP contribution >= 0.6 is 0 Å². The van der Waals surface area contributed by atoms with E-state index in [1.165, 1.54) is 35.2 Å². The summed E-state index contributed by atoms with van der Waals surface area (Å²) in [5, 5.41) is 2.88. The topological polar surface area (TPSA) is 86.8 Å². The molecule has 0 aliphatic carbocycles. The van der Waals surface area contributed by atoms with Gasteiger partial charge in [0, 0.05) is 12.1 Å². The number of carbonyl (C=O) groups is 2. The van der Waals surface area contributed by atoms with Crippen LogP contribution in [-0.2, 0) is 32.3 Å². The first-order chi connectivity index (χ1) is 19.5. The summed E-state index contributed by atoms with van der Waals surface area (Å²) in [6.07, 6.45) is -4.52. The second-order valence-electron chi connectivity index (χ2n) is 11.0. The molecule has 3 aromatic rings. The van der Waals surface area contributed by atoms with E-state index in [4.69, 9.17) is 0 Å². The maximum absolute atomic E-state index is 14.0. The molecule has 0 bridgehead atoms. The van der Waals surface area contributed by atoms with Crippen LogP contribution in [0.5, 0.6) is 0 Å². The van der Waals surface area contributed by atoms with E-state index in [0.717, 1.165) is 17.7 Å². The third-order valence-electron chi connectivity index (χ3n) is 6.43. The number of nitrogens with zero attached hydrogens (tertiary/aromatic N) is 2. The van der Waals surface area contributed by atoms with Crippen molar-refractivity contribution in [1.29, 1.82) is 0 Å². The number of hydrogen-bond acceptors (Lipinski definition) is 4. The average molecular weight is 604 g/mol. The Morgan fingerprint density at radius 3 is 2.07 bits per heavy atom. The molecule has 11 heteroatoms. The van der Waals surface area contributed by atoms with Crippen LogP contribution in [-0.4, -0.2) is 43.3 Å². The molecule has 226 valence electrons. The molecule has 0 aromatic heterocycles. The SMILES string of the molecule is CC[C@H](C(=O)NC(C)(C)C)N(Cc1ccc(C)cc1)C(=O)CN(c1cccc(C(F)(F)F)c1)S(=O)(=O)c1ccccc1. The van der Waals surface area contributed by atoms with Gasteiger partial charge in [0.15, 0.2) is 0 Å². The highest BCUT2D eigenvalue weighted by Gasteiger charge is 2.36. The predicted octanol–water partition coefficient (Wildman–Crippen LogP) is 5.93. The fourth-order valence-corrected chi connectivity index (χ4v) is 5.78. The van der Waals surface area contributed by atoms with Crippen LogP contribution in [0.1, 0.15) is 50.8 Å². The minimum absolute atomic E-state index is 0.0169. The molecule has 0 radical (unpaired) electrons. The fraction of sp³-hybridized carbons (Fsp3) is 0.355. The molecule has 2 amide bonds. The Morgan fingerprint density at radius 2 is 1.52 bits per heavy atom. The Morgan fingerprint density at radius 1 is 0.905 bits per heavy atom. The van der Waals surface area contributed by atoms with E-state index in [2.05, 4.69) is 5.32 Å². The molecule has 3 aromatic carbocycles. The zero-order valence-electron chi connectivity index (χ0n) is 24.3. The van der Waals surface area contributed by atoms with E-state index in [-0.39, 0.29) is 23.5 Å². The molecule has 3 rings (SSSR count). The lowest BCUT2D eigenvalue weighted by Crippen LogP contribution is -2.55. The normalized spacial score (nSPS) is 12.9. The van der Waals surface area contributed by atoms with Crippen molar-refractivity contribution in [1.82, 2.24) is 10.2 Å². The van der Waals surface area contributed by atoms with E-state index in [0.29, 0.717) is 15.9 Å². The summed E-state index contributed by atoms with van der Waals surface area (Å²) in [5.41, 5.74) is -0.312. The van der Waals surface area contributed by atoms with Gasteiger partial charge in [0.1, 0.15) is 12.6 Å². The Hall–Kier alpha value is -3.86. The third kappa shape index (κ3) is 8.34. The van der Waals surface area contributed by atoms with Gasteiger partial charge in [0.05, 0.1) is 16.1 Å². The second kappa shape index (κ2) is 13.0. The first-order valence-electron chi connectivity index (χ1n) is 13.4. The van der Waals surface area contributed by atoms with E-state index in [1.807, 2.05) is 19.1 Å². The Labute approximate surface area is 245 Å². The number of nitrogens with one attached hydrogen (secondary N) is 1. The van der Waals surface area contributed by atoms with Gasteiger partial charge < -0.3 is 10.2 Å². The Kier molecular flexibility index (Phi) is 10.1. The van der Waals surface area contributed by atoms with Crippen molar-refractivity contribution in [2.75, 3.05) is 10.8 Å². The first-order valence-corrected chi connectivity index (χ1v) is 14.9. The molecule has 0 aliphatic rings. The zero-order chi connectivity index (χ0) is 31.3. The molecule has 1 N–H and O–H groups in total. The first kappa shape index (κ1) is 32.7. The number of amides is 2. The van der Waals surface area contributed by atoms with Gasteiger partial charge in [0.2, 0.25) is 11.8 Å². The summed E-state index contributed by atoms with van der Waals surface area (Å²) in [5.74, 6) is -1.18.